The van der Waals surface area contributed by atoms with Crippen LogP contribution in [0, 0.1) is 11.6 Å². The molecule has 6 aromatic rings. The molecule has 246 valence electrons. The van der Waals surface area contributed by atoms with Crippen molar-refractivity contribution in [2.24, 2.45) is 7.05 Å². The number of fused-ring (bicyclic) bond motifs is 2. The van der Waals surface area contributed by atoms with Gasteiger partial charge in [0.15, 0.2) is 0 Å². The summed E-state index contributed by atoms with van der Waals surface area (Å²) in [6.45, 7) is 0.0330. The molecule has 0 fully saturated rings. The minimum atomic E-state index is -4.92. The molecule has 1 atom stereocenters. The Morgan fingerprint density at radius 1 is 0.938 bits per heavy atom. The van der Waals surface area contributed by atoms with Crippen LogP contribution < -0.4 is 20.9 Å². The van der Waals surface area contributed by atoms with Crippen LogP contribution in [0.1, 0.15) is 28.3 Å². The van der Waals surface area contributed by atoms with E-state index < -0.39 is 41.3 Å². The number of anilines is 1. The normalized spacial score (nSPS) is 12.3. The average Bonchev–Trinajstić information content (AvgIpc) is 3.39. The number of halogens is 5. The Morgan fingerprint density at radius 2 is 1.58 bits per heavy atom. The number of aromatic nitrogens is 2. The summed E-state index contributed by atoms with van der Waals surface area (Å²) in [5, 5.41) is 17.8. The molecule has 2 heterocycles. The monoisotopic (exact) mass is 662 g/mol. The molecule has 0 bridgehead atoms. The molecule has 2 amide bonds. The number of rotatable bonds is 8. The molecule has 4 aromatic carbocycles. The molecule has 6 rings (SSSR count). The second-order valence-electron chi connectivity index (χ2n) is 11.0. The first-order chi connectivity index (χ1) is 22.9. The van der Waals surface area contributed by atoms with E-state index in [1.807, 2.05) is 6.07 Å². The van der Waals surface area contributed by atoms with Crippen molar-refractivity contribution >= 4 is 33.5 Å². The first-order valence-corrected chi connectivity index (χ1v) is 14.7. The number of alkyl halides is 3. The molecule has 4 N–H and O–H groups in total. The van der Waals surface area contributed by atoms with Gasteiger partial charge in [0.2, 0.25) is 0 Å². The first-order valence-electron chi connectivity index (χ1n) is 14.7. The standard InChI is InChI=1S/C35H27F5N4O4/c1-44-28-9-5-3-7-26(28)32(45)30(33(44)46)29(19-10-12-23(13-11-19)48-35(38,39)40)31-25(24-6-2-4-8-27(24)43-31)14-15-41-34(47)42-22-17-20(36)16-21(37)18-22/h2-13,16-18,29,43,45H,14-15H2,1H3,(H2,41,42,47). The highest BCUT2D eigenvalue weighted by atomic mass is 19.4. The van der Waals surface area contributed by atoms with Gasteiger partial charge in [-0.2, -0.15) is 0 Å². The van der Waals surface area contributed by atoms with Crippen molar-refractivity contribution in [3.05, 3.63) is 135 Å². The third-order valence-electron chi connectivity index (χ3n) is 7.96. The number of nitrogens with one attached hydrogen (secondary N) is 3. The zero-order chi connectivity index (χ0) is 34.2. The van der Waals surface area contributed by atoms with Crippen LogP contribution in [-0.2, 0) is 13.5 Å². The summed E-state index contributed by atoms with van der Waals surface area (Å²) in [5.41, 5.74) is 1.99. The fourth-order valence-electron chi connectivity index (χ4n) is 5.94. The Morgan fingerprint density at radius 3 is 2.27 bits per heavy atom. The third kappa shape index (κ3) is 6.52. The molecule has 0 aliphatic heterocycles. The predicted molar refractivity (Wildman–Crippen MR) is 170 cm³/mol. The zero-order valence-electron chi connectivity index (χ0n) is 25.2. The maximum absolute atomic E-state index is 14.0. The maximum Gasteiger partial charge on any atom is 0.573 e. The SMILES string of the molecule is Cn1c(=O)c(C(c2ccc(OC(F)(F)F)cc2)c2[nH]c3ccccc3c2CCNC(=O)Nc2cc(F)cc(F)c2)c(O)c2ccccc21. The summed E-state index contributed by atoms with van der Waals surface area (Å²) in [4.78, 5) is 30.0. The van der Waals surface area contributed by atoms with Crippen LogP contribution in [-0.4, -0.2) is 33.6 Å². The highest BCUT2D eigenvalue weighted by molar-refractivity contribution is 5.90. The van der Waals surface area contributed by atoms with E-state index in [4.69, 9.17) is 0 Å². The highest BCUT2D eigenvalue weighted by Crippen LogP contribution is 2.41. The number of hydrogen-bond donors (Lipinski definition) is 4. The van der Waals surface area contributed by atoms with E-state index in [1.54, 1.807) is 49.5 Å². The van der Waals surface area contributed by atoms with E-state index in [-0.39, 0.29) is 30.0 Å². The van der Waals surface area contributed by atoms with Crippen molar-refractivity contribution in [3.8, 4) is 11.5 Å². The zero-order valence-corrected chi connectivity index (χ0v) is 25.2. The first kappa shape index (κ1) is 32.1. The number of H-pyrrole nitrogens is 1. The molecule has 13 heteroatoms. The van der Waals surface area contributed by atoms with Crippen LogP contribution >= 0.6 is 0 Å². The molecule has 1 unspecified atom stereocenters. The Hall–Kier alpha value is -5.85. The van der Waals surface area contributed by atoms with Crippen LogP contribution in [0.2, 0.25) is 0 Å². The third-order valence-corrected chi connectivity index (χ3v) is 7.96. The van der Waals surface area contributed by atoms with Crippen molar-refractivity contribution in [2.45, 2.75) is 18.7 Å². The average molecular weight is 663 g/mol. The Kier molecular flexibility index (Phi) is 8.52. The largest absolute Gasteiger partial charge is 0.573 e. The number of aromatic amines is 1. The number of carbonyl (C=O) groups excluding carboxylic acids is 1. The number of carbonyl (C=O) groups is 1. The fraction of sp³-hybridized carbons (Fsp3) is 0.143. The number of para-hydroxylation sites is 2. The minimum absolute atomic E-state index is 0.0210. The topological polar surface area (TPSA) is 108 Å². The van der Waals surface area contributed by atoms with E-state index in [1.165, 1.54) is 16.7 Å². The van der Waals surface area contributed by atoms with Crippen molar-refractivity contribution < 1.29 is 36.6 Å². The number of pyridine rings is 1. The molecule has 0 aliphatic carbocycles. The van der Waals surface area contributed by atoms with Gasteiger partial charge >= 0.3 is 12.4 Å². The Labute approximate surface area is 269 Å². The Bertz CT molecular complexity index is 2190. The van der Waals surface area contributed by atoms with Gasteiger partial charge in [0.25, 0.3) is 5.56 Å². The number of benzene rings is 4. The number of amides is 2. The van der Waals surface area contributed by atoms with Gasteiger partial charge in [-0.1, -0.05) is 42.5 Å². The van der Waals surface area contributed by atoms with E-state index in [0.29, 0.717) is 39.3 Å². The van der Waals surface area contributed by atoms with Gasteiger partial charge in [-0.15, -0.1) is 13.2 Å². The van der Waals surface area contributed by atoms with Crippen LogP contribution in [0.4, 0.5) is 32.4 Å². The summed E-state index contributed by atoms with van der Waals surface area (Å²) in [5.74, 6) is -3.49. The lowest BCUT2D eigenvalue weighted by atomic mass is 9.85. The second-order valence-corrected chi connectivity index (χ2v) is 11.0. The number of ether oxygens (including phenoxy) is 1. The lowest BCUT2D eigenvalue weighted by Crippen LogP contribution is -2.31. The van der Waals surface area contributed by atoms with Crippen molar-refractivity contribution in [1.29, 1.82) is 0 Å². The van der Waals surface area contributed by atoms with E-state index >= 15 is 0 Å². The van der Waals surface area contributed by atoms with Crippen molar-refractivity contribution in [2.75, 3.05) is 11.9 Å². The smallest absolute Gasteiger partial charge is 0.507 e. The second kappa shape index (κ2) is 12.7. The summed E-state index contributed by atoms with van der Waals surface area (Å²) >= 11 is 0. The molecule has 8 nitrogen and oxygen atoms in total. The van der Waals surface area contributed by atoms with Crippen molar-refractivity contribution in [1.82, 2.24) is 14.9 Å². The van der Waals surface area contributed by atoms with Crippen LogP contribution in [0.25, 0.3) is 21.8 Å². The summed E-state index contributed by atoms with van der Waals surface area (Å²) in [7, 11) is 1.56. The molecule has 2 aromatic heterocycles. The maximum atomic E-state index is 14.0. The van der Waals surface area contributed by atoms with E-state index in [9.17, 15) is 36.6 Å². The quantitative estimate of drug-likeness (QED) is 0.127. The Balaban J connectivity index is 1.44. The number of aryl methyl sites for hydroxylation is 1. The molecule has 0 aliphatic rings. The van der Waals surface area contributed by atoms with Gasteiger partial charge in [-0.25, -0.2) is 13.6 Å². The van der Waals surface area contributed by atoms with Gasteiger partial charge in [0.1, 0.15) is 23.1 Å². The number of nitrogens with zero attached hydrogens (tertiary/aromatic N) is 1. The summed E-state index contributed by atoms with van der Waals surface area (Å²) in [6, 6.07) is 20.9. The van der Waals surface area contributed by atoms with Crippen molar-refractivity contribution in [3.63, 3.8) is 0 Å². The molecular weight excluding hydrogens is 635 g/mol. The fourth-order valence-corrected chi connectivity index (χ4v) is 5.94. The number of urea groups is 1. The molecule has 0 saturated carbocycles. The molecule has 0 saturated heterocycles. The molecule has 48 heavy (non-hydrogen) atoms. The lowest BCUT2D eigenvalue weighted by Gasteiger charge is -2.22. The summed E-state index contributed by atoms with van der Waals surface area (Å²) in [6.07, 6.45) is -4.73. The van der Waals surface area contributed by atoms with Gasteiger partial charge in [0, 0.05) is 47.3 Å². The van der Waals surface area contributed by atoms with E-state index in [0.717, 1.165) is 29.7 Å². The van der Waals surface area contributed by atoms with Gasteiger partial charge in [-0.3, -0.25) is 4.79 Å². The van der Waals surface area contributed by atoms with Gasteiger partial charge in [-0.05, 0) is 60.0 Å². The lowest BCUT2D eigenvalue weighted by molar-refractivity contribution is -0.274. The summed E-state index contributed by atoms with van der Waals surface area (Å²) < 4.78 is 71.6. The van der Waals surface area contributed by atoms with Crippen LogP contribution in [0.3, 0.4) is 0 Å². The number of hydrogen-bond acceptors (Lipinski definition) is 4. The highest BCUT2D eigenvalue weighted by Gasteiger charge is 2.33. The van der Waals surface area contributed by atoms with Crippen LogP contribution in [0.15, 0.2) is 95.8 Å². The molecular formula is C35H27F5N4O4. The molecule has 0 spiro atoms. The predicted octanol–water partition coefficient (Wildman–Crippen LogP) is 7.45. The van der Waals surface area contributed by atoms with Gasteiger partial charge in [0.05, 0.1) is 17.0 Å². The van der Waals surface area contributed by atoms with Gasteiger partial charge < -0.3 is 30.0 Å². The minimum Gasteiger partial charge on any atom is -0.507 e. The molecule has 0 radical (unpaired) electrons. The van der Waals surface area contributed by atoms with E-state index in [2.05, 4.69) is 20.4 Å². The number of aromatic hydroxyl groups is 1. The van der Waals surface area contributed by atoms with Crippen LogP contribution in [0.5, 0.6) is 11.5 Å².